The lowest BCUT2D eigenvalue weighted by atomic mass is 9.90. The molecule has 1 unspecified atom stereocenters. The number of carbonyl (C=O) groups is 3. The van der Waals surface area contributed by atoms with Crippen molar-refractivity contribution in [2.75, 3.05) is 47.5 Å². The molecule has 368 valence electrons. The summed E-state index contributed by atoms with van der Waals surface area (Å²) in [6, 6.07) is 0. The number of esters is 2. The molecule has 1 aliphatic carbocycles. The lowest BCUT2D eigenvalue weighted by Gasteiger charge is -2.24. The molecule has 0 bridgehead atoms. The van der Waals surface area contributed by atoms with Crippen molar-refractivity contribution in [3.8, 4) is 0 Å². The number of ether oxygens (including phenoxy) is 2. The monoisotopic (exact) mass is 923 g/mol. The second-order valence-electron chi connectivity index (χ2n) is 18.3. The molecule has 3 N–H and O–H groups in total. The summed E-state index contributed by atoms with van der Waals surface area (Å²) >= 11 is 0. The summed E-state index contributed by atoms with van der Waals surface area (Å²) in [7, 11) is 1.31. The molecular weight excluding hydrogens is 834 g/mol. The predicted octanol–water partition coefficient (Wildman–Crippen LogP) is 11.0. The smallest absolute Gasteiger partial charge is 0.462 e. The van der Waals surface area contributed by atoms with Gasteiger partial charge in [-0.3, -0.25) is 23.4 Å². The second-order valence-corrected chi connectivity index (χ2v) is 19.7. The van der Waals surface area contributed by atoms with E-state index in [1.165, 1.54) is 32.1 Å². The van der Waals surface area contributed by atoms with E-state index in [-0.39, 0.29) is 44.2 Å². The minimum absolute atomic E-state index is 0.0165. The number of phosphoric acid groups is 1. The second kappa shape index (κ2) is 37.4. The Morgan fingerprint density at radius 3 is 1.95 bits per heavy atom. The number of nitrogens with zero attached hydrogens (tertiary/aromatic N) is 1. The molecule has 1 aliphatic rings. The first-order chi connectivity index (χ1) is 30.7. The number of ketones is 1. The normalized spacial score (nSPS) is 19.2. The number of unbranched alkanes of at least 4 members (excludes halogenated alkanes) is 13. The van der Waals surface area contributed by atoms with E-state index in [1.54, 1.807) is 12.2 Å². The van der Waals surface area contributed by atoms with Crippen LogP contribution in [0, 0.1) is 11.8 Å². The number of aliphatic hydroxyl groups is 2. The number of phosphoric ester groups is 1. The number of likely N-dealkylation sites (N-methyl/N-ethyl adjacent to an activating group) is 1. The molecule has 0 heterocycles. The Hall–Kier alpha value is -2.70. The number of quaternary nitrogens is 1. The first kappa shape index (κ1) is 59.3. The van der Waals surface area contributed by atoms with Crippen LogP contribution in [0.1, 0.15) is 168 Å². The van der Waals surface area contributed by atoms with Crippen LogP contribution >= 0.6 is 7.82 Å². The topological polar surface area (TPSA) is 166 Å². The summed E-state index contributed by atoms with van der Waals surface area (Å²) in [5.41, 5.74) is 0. The predicted molar refractivity (Wildman–Crippen MR) is 257 cm³/mol. The van der Waals surface area contributed by atoms with Crippen LogP contribution in [0.3, 0.4) is 0 Å². The molecule has 64 heavy (non-hydrogen) atoms. The number of rotatable bonds is 40. The molecule has 6 atom stereocenters. The van der Waals surface area contributed by atoms with Crippen LogP contribution in [-0.4, -0.2) is 103 Å². The zero-order valence-electron chi connectivity index (χ0n) is 40.5. The summed E-state index contributed by atoms with van der Waals surface area (Å²) < 4.78 is 34.3. The van der Waals surface area contributed by atoms with Crippen molar-refractivity contribution in [1.82, 2.24) is 0 Å². The van der Waals surface area contributed by atoms with E-state index in [0.29, 0.717) is 43.1 Å². The number of hydrogen-bond donors (Lipinski definition) is 3. The van der Waals surface area contributed by atoms with Gasteiger partial charge in [0, 0.05) is 31.1 Å². The minimum atomic E-state index is -4.45. The fraction of sp³-hybridized carbons (Fsp3) is 0.745. The van der Waals surface area contributed by atoms with Crippen LogP contribution in [0.25, 0.3) is 0 Å². The number of carbonyl (C=O) groups excluding carboxylic acids is 3. The molecule has 0 aromatic heterocycles. The fourth-order valence-electron chi connectivity index (χ4n) is 7.18. The molecule has 0 aromatic rings. The first-order valence-corrected chi connectivity index (χ1v) is 26.1. The van der Waals surface area contributed by atoms with Gasteiger partial charge in [-0.25, -0.2) is 4.57 Å². The van der Waals surface area contributed by atoms with E-state index in [9.17, 15) is 34.1 Å². The van der Waals surface area contributed by atoms with Gasteiger partial charge >= 0.3 is 19.8 Å². The molecule has 1 rings (SSSR count). The molecule has 0 radical (unpaired) electrons. The summed E-state index contributed by atoms with van der Waals surface area (Å²) in [5.74, 6) is -1.75. The van der Waals surface area contributed by atoms with Crippen molar-refractivity contribution in [3.05, 3.63) is 60.8 Å². The van der Waals surface area contributed by atoms with Gasteiger partial charge in [-0.1, -0.05) is 139 Å². The van der Waals surface area contributed by atoms with Crippen molar-refractivity contribution in [3.63, 3.8) is 0 Å². The van der Waals surface area contributed by atoms with E-state index in [0.717, 1.165) is 70.6 Å². The minimum Gasteiger partial charge on any atom is -0.462 e. The van der Waals surface area contributed by atoms with Crippen LogP contribution in [0.2, 0.25) is 0 Å². The van der Waals surface area contributed by atoms with Crippen molar-refractivity contribution in [2.45, 2.75) is 186 Å². The third-order valence-corrected chi connectivity index (χ3v) is 12.1. The van der Waals surface area contributed by atoms with Gasteiger partial charge in [0.05, 0.1) is 40.0 Å². The Morgan fingerprint density at radius 2 is 1.30 bits per heavy atom. The maximum absolute atomic E-state index is 12.8. The Bertz CT molecular complexity index is 1440. The van der Waals surface area contributed by atoms with Crippen molar-refractivity contribution >= 4 is 25.5 Å². The molecule has 0 aromatic carbocycles. The number of allylic oxidation sites excluding steroid dienone is 9. The largest absolute Gasteiger partial charge is 0.472 e. The van der Waals surface area contributed by atoms with E-state index in [2.05, 4.69) is 50.3 Å². The zero-order valence-corrected chi connectivity index (χ0v) is 41.4. The Labute approximate surface area is 387 Å². The van der Waals surface area contributed by atoms with Crippen molar-refractivity contribution < 1.29 is 57.1 Å². The van der Waals surface area contributed by atoms with Gasteiger partial charge in [-0.15, -0.1) is 0 Å². The highest BCUT2D eigenvalue weighted by atomic mass is 31.2. The quantitative estimate of drug-likeness (QED) is 0.0176. The van der Waals surface area contributed by atoms with Crippen molar-refractivity contribution in [2.24, 2.45) is 11.8 Å². The van der Waals surface area contributed by atoms with Gasteiger partial charge < -0.3 is 29.1 Å². The summed E-state index contributed by atoms with van der Waals surface area (Å²) in [6.45, 7) is 3.97. The third kappa shape index (κ3) is 33.7. The highest BCUT2D eigenvalue weighted by Crippen LogP contribution is 2.43. The molecule has 12 nitrogen and oxygen atoms in total. The van der Waals surface area contributed by atoms with Gasteiger partial charge in [-0.05, 0) is 70.6 Å². The molecule has 0 saturated heterocycles. The lowest BCUT2D eigenvalue weighted by Crippen LogP contribution is -2.37. The van der Waals surface area contributed by atoms with Gasteiger partial charge in [0.25, 0.3) is 0 Å². The van der Waals surface area contributed by atoms with Crippen LogP contribution < -0.4 is 0 Å². The summed E-state index contributed by atoms with van der Waals surface area (Å²) in [6.07, 6.45) is 39.2. The fourth-order valence-corrected chi connectivity index (χ4v) is 7.92. The highest BCUT2D eigenvalue weighted by molar-refractivity contribution is 7.47. The van der Waals surface area contributed by atoms with E-state index < -0.39 is 50.6 Å². The number of Topliss-reactive ketones (excluding diaryl/α,β-unsaturated/α-hetero) is 1. The number of aliphatic hydroxyl groups excluding tert-OH is 2. The van der Waals surface area contributed by atoms with Crippen LogP contribution in [-0.2, 0) is 37.5 Å². The van der Waals surface area contributed by atoms with Gasteiger partial charge in [0.1, 0.15) is 25.5 Å². The Kier molecular flexibility index (Phi) is 34.7. The highest BCUT2D eigenvalue weighted by Gasteiger charge is 2.39. The summed E-state index contributed by atoms with van der Waals surface area (Å²) in [4.78, 5) is 48.2. The van der Waals surface area contributed by atoms with E-state index in [1.807, 2.05) is 33.3 Å². The van der Waals surface area contributed by atoms with Gasteiger partial charge in [-0.2, -0.15) is 0 Å². The van der Waals surface area contributed by atoms with Crippen LogP contribution in [0.5, 0.6) is 0 Å². The first-order valence-electron chi connectivity index (χ1n) is 24.6. The SMILES string of the molecule is CCCCCC/C=C\C/C=C\C/C=C\CCCCCCCCC(=O)O[C@H](COC(=O)CCC/C=C\C[C@H]1[C@@H](O)CC(=O)[C@@H]1/C=C/[C@@H](O)CCCCC)COP(=O)(O)OCC[N+](C)(C)C. The zero-order chi connectivity index (χ0) is 47.3. The molecule has 1 saturated carbocycles. The molecule has 0 spiro atoms. The van der Waals surface area contributed by atoms with E-state index >= 15 is 0 Å². The third-order valence-electron chi connectivity index (χ3n) is 11.1. The average molecular weight is 923 g/mol. The maximum atomic E-state index is 12.8. The average Bonchev–Trinajstić information content (AvgIpc) is 3.51. The molecule has 13 heteroatoms. The van der Waals surface area contributed by atoms with Crippen LogP contribution in [0.4, 0.5) is 0 Å². The Balaban J connectivity index is 2.45. The lowest BCUT2D eigenvalue weighted by molar-refractivity contribution is -0.870. The van der Waals surface area contributed by atoms with Gasteiger partial charge in [0.15, 0.2) is 6.10 Å². The molecule has 0 aliphatic heterocycles. The molecule has 1 fully saturated rings. The standard InChI is InChI=1S/C51H88NO11P/c1-6-8-10-11-12-13-14-15-16-17-18-19-20-21-22-23-24-25-26-32-36-51(57)63-45(43-62-64(58,59)61-40-39-52(3,4)5)42-60-50(56)35-31-28-27-30-34-46-47(49(55)41-48(46)54)38-37-44(53)33-29-9-7-2/h13-14,16-17,19-20,27,30,37-38,44-48,53-54H,6-12,15,18,21-26,28-29,31-36,39-43H2,1-5H3/p+1/b14-13-,17-16-,20-19-,30-27-,38-37+/t44-,45+,46+,47+,48-/m0/s1. The molecule has 0 amide bonds. The van der Waals surface area contributed by atoms with Gasteiger partial charge in [0.2, 0.25) is 0 Å². The van der Waals surface area contributed by atoms with Crippen LogP contribution in [0.15, 0.2) is 60.8 Å². The van der Waals surface area contributed by atoms with Crippen molar-refractivity contribution in [1.29, 1.82) is 0 Å². The summed E-state index contributed by atoms with van der Waals surface area (Å²) in [5, 5.41) is 20.8. The maximum Gasteiger partial charge on any atom is 0.472 e. The molecular formula is C51H89NO11P+. The van der Waals surface area contributed by atoms with E-state index in [4.69, 9.17) is 18.5 Å². The number of hydrogen-bond acceptors (Lipinski definition) is 10. The Morgan fingerprint density at radius 1 is 0.734 bits per heavy atom.